The number of benzene rings is 2. The maximum absolute atomic E-state index is 6.29. The van der Waals surface area contributed by atoms with E-state index in [1.54, 1.807) is 0 Å². The highest BCUT2D eigenvalue weighted by molar-refractivity contribution is 6.31. The van der Waals surface area contributed by atoms with Gasteiger partial charge in [0.2, 0.25) is 0 Å². The molecule has 0 unspecified atom stereocenters. The Kier molecular flexibility index (Phi) is 4.23. The van der Waals surface area contributed by atoms with Crippen molar-refractivity contribution < 1.29 is 0 Å². The second-order valence-corrected chi connectivity index (χ2v) is 7.86. The molecule has 0 aromatic heterocycles. The Labute approximate surface area is 158 Å². The molecule has 0 bridgehead atoms. The molecule has 2 nitrogen and oxygen atoms in total. The number of hydrogen-bond acceptors (Lipinski definition) is 2. The smallest absolute Gasteiger partial charge is 0.0683 e. The van der Waals surface area contributed by atoms with Crippen LogP contribution in [0.15, 0.2) is 59.6 Å². The zero-order valence-electron chi connectivity index (χ0n) is 14.1. The van der Waals surface area contributed by atoms with Crippen molar-refractivity contribution in [2.45, 2.75) is 30.7 Å². The zero-order valence-corrected chi connectivity index (χ0v) is 15.6. The summed E-state index contributed by atoms with van der Waals surface area (Å²) in [5.74, 6) is 0.278. The van der Waals surface area contributed by atoms with Crippen LogP contribution in [0, 0.1) is 0 Å². The van der Waals surface area contributed by atoms with Gasteiger partial charge in [-0.25, -0.2) is 0 Å². The molecule has 1 saturated heterocycles. The summed E-state index contributed by atoms with van der Waals surface area (Å²) >= 11 is 12.5. The fourth-order valence-corrected chi connectivity index (χ4v) is 4.83. The minimum absolute atomic E-state index is 0.122. The summed E-state index contributed by atoms with van der Waals surface area (Å²) in [6.45, 7) is 7.28. The van der Waals surface area contributed by atoms with Gasteiger partial charge in [-0.3, -0.25) is 4.99 Å². The third-order valence-electron chi connectivity index (χ3n) is 5.42. The van der Waals surface area contributed by atoms with Crippen LogP contribution in [0.1, 0.15) is 30.4 Å². The van der Waals surface area contributed by atoms with Gasteiger partial charge >= 0.3 is 0 Å². The van der Waals surface area contributed by atoms with Crippen molar-refractivity contribution in [3.05, 3.63) is 75.8 Å². The quantitative estimate of drug-likeness (QED) is 0.676. The SMILES string of the molecule is C=C(C)[C@@H]1NCC[C@H](c2cccc(Cl)c2)[C@@]12C=Nc1cc(Cl)ccc12. The lowest BCUT2D eigenvalue weighted by molar-refractivity contribution is 0.294. The molecule has 0 radical (unpaired) electrons. The molecule has 3 atom stereocenters. The summed E-state index contributed by atoms with van der Waals surface area (Å²) in [7, 11) is 0. The largest absolute Gasteiger partial charge is 0.309 e. The number of aliphatic imine (C=N–C) groups is 1. The summed E-state index contributed by atoms with van der Waals surface area (Å²) in [4.78, 5) is 4.74. The topological polar surface area (TPSA) is 24.4 Å². The predicted octanol–water partition coefficient (Wildman–Crippen LogP) is 5.67. The summed E-state index contributed by atoms with van der Waals surface area (Å²) < 4.78 is 0. The van der Waals surface area contributed by atoms with Gasteiger partial charge in [0.25, 0.3) is 0 Å². The average Bonchev–Trinajstić information content (AvgIpc) is 2.93. The third-order valence-corrected chi connectivity index (χ3v) is 5.89. The van der Waals surface area contributed by atoms with E-state index >= 15 is 0 Å². The molecule has 4 heteroatoms. The molecule has 0 saturated carbocycles. The van der Waals surface area contributed by atoms with Crippen LogP contribution in [-0.4, -0.2) is 18.8 Å². The molecule has 2 aromatic carbocycles. The monoisotopic (exact) mass is 370 g/mol. The lowest BCUT2D eigenvalue weighted by atomic mass is 9.60. The van der Waals surface area contributed by atoms with Crippen molar-refractivity contribution in [3.8, 4) is 0 Å². The Bertz CT molecular complexity index is 874. The Morgan fingerprint density at radius 1 is 1.20 bits per heavy atom. The number of rotatable bonds is 2. The maximum atomic E-state index is 6.29. The van der Waals surface area contributed by atoms with E-state index in [4.69, 9.17) is 28.2 Å². The van der Waals surface area contributed by atoms with Gasteiger partial charge in [0.05, 0.1) is 11.1 Å². The van der Waals surface area contributed by atoms with Gasteiger partial charge in [-0.15, -0.1) is 0 Å². The first-order valence-corrected chi connectivity index (χ1v) is 9.27. The minimum Gasteiger partial charge on any atom is -0.309 e. The molecule has 1 spiro atoms. The highest BCUT2D eigenvalue weighted by Crippen LogP contribution is 2.52. The van der Waals surface area contributed by atoms with Crippen LogP contribution >= 0.6 is 23.2 Å². The third kappa shape index (κ3) is 2.64. The molecule has 1 fully saturated rings. The maximum Gasteiger partial charge on any atom is 0.0683 e. The van der Waals surface area contributed by atoms with E-state index in [0.717, 1.165) is 29.2 Å². The van der Waals surface area contributed by atoms with Gasteiger partial charge in [-0.05, 0) is 55.3 Å². The molecule has 2 heterocycles. The van der Waals surface area contributed by atoms with E-state index < -0.39 is 0 Å². The number of nitrogens with one attached hydrogen (secondary N) is 1. The summed E-state index contributed by atoms with van der Waals surface area (Å²) in [5, 5.41) is 5.14. The van der Waals surface area contributed by atoms with E-state index in [2.05, 4.69) is 43.2 Å². The number of halogens is 2. The van der Waals surface area contributed by atoms with Crippen molar-refractivity contribution in [3.63, 3.8) is 0 Å². The molecule has 2 aromatic rings. The van der Waals surface area contributed by atoms with Crippen LogP contribution in [0.4, 0.5) is 5.69 Å². The molecule has 2 aliphatic rings. The normalized spacial score (nSPS) is 27.5. The Morgan fingerprint density at radius 3 is 2.76 bits per heavy atom. The number of nitrogens with zero attached hydrogens (tertiary/aromatic N) is 1. The molecule has 2 aliphatic heterocycles. The van der Waals surface area contributed by atoms with Gasteiger partial charge in [0.1, 0.15) is 0 Å². The van der Waals surface area contributed by atoms with Crippen molar-refractivity contribution in [2.24, 2.45) is 4.99 Å². The van der Waals surface area contributed by atoms with Crippen LogP contribution in [-0.2, 0) is 5.41 Å². The van der Waals surface area contributed by atoms with Gasteiger partial charge in [-0.2, -0.15) is 0 Å². The molecule has 25 heavy (non-hydrogen) atoms. The summed E-state index contributed by atoms with van der Waals surface area (Å²) in [6, 6.07) is 14.3. The first kappa shape index (κ1) is 16.8. The summed E-state index contributed by atoms with van der Waals surface area (Å²) in [5.41, 5.74) is 4.25. The van der Waals surface area contributed by atoms with Gasteiger partial charge in [0.15, 0.2) is 0 Å². The highest BCUT2D eigenvalue weighted by atomic mass is 35.5. The van der Waals surface area contributed by atoms with Crippen molar-refractivity contribution in [1.29, 1.82) is 0 Å². The Morgan fingerprint density at radius 2 is 2.00 bits per heavy atom. The first-order chi connectivity index (χ1) is 12.0. The predicted molar refractivity (Wildman–Crippen MR) is 107 cm³/mol. The second-order valence-electron chi connectivity index (χ2n) is 6.98. The molecule has 0 aliphatic carbocycles. The second kappa shape index (κ2) is 6.28. The van der Waals surface area contributed by atoms with E-state index in [-0.39, 0.29) is 17.4 Å². The minimum atomic E-state index is -0.269. The van der Waals surface area contributed by atoms with Crippen molar-refractivity contribution in [1.82, 2.24) is 5.32 Å². The molecular weight excluding hydrogens is 351 g/mol. The van der Waals surface area contributed by atoms with Gasteiger partial charge in [0, 0.05) is 28.2 Å². The van der Waals surface area contributed by atoms with E-state index in [9.17, 15) is 0 Å². The van der Waals surface area contributed by atoms with Crippen molar-refractivity contribution >= 4 is 35.1 Å². The highest BCUT2D eigenvalue weighted by Gasteiger charge is 2.51. The van der Waals surface area contributed by atoms with E-state index in [1.165, 1.54) is 11.1 Å². The molecule has 1 N–H and O–H groups in total. The van der Waals surface area contributed by atoms with E-state index in [1.807, 2.05) is 24.3 Å². The zero-order chi connectivity index (χ0) is 17.6. The molecule has 0 amide bonds. The van der Waals surface area contributed by atoms with Crippen LogP contribution in [0.3, 0.4) is 0 Å². The van der Waals surface area contributed by atoms with E-state index in [0.29, 0.717) is 5.02 Å². The lowest BCUT2D eigenvalue weighted by Crippen LogP contribution is -2.57. The molecular formula is C21H20Cl2N2. The Hall–Kier alpha value is -1.61. The molecule has 128 valence electrons. The lowest BCUT2D eigenvalue weighted by Gasteiger charge is -2.47. The van der Waals surface area contributed by atoms with Gasteiger partial charge in [-0.1, -0.05) is 53.6 Å². The Balaban J connectivity index is 1.93. The van der Waals surface area contributed by atoms with Crippen LogP contribution in [0.2, 0.25) is 10.0 Å². The van der Waals surface area contributed by atoms with Crippen LogP contribution < -0.4 is 5.32 Å². The first-order valence-electron chi connectivity index (χ1n) is 8.52. The van der Waals surface area contributed by atoms with Crippen LogP contribution in [0.25, 0.3) is 0 Å². The summed E-state index contributed by atoms with van der Waals surface area (Å²) in [6.07, 6.45) is 3.11. The van der Waals surface area contributed by atoms with Crippen molar-refractivity contribution in [2.75, 3.05) is 6.54 Å². The number of hydrogen-bond donors (Lipinski definition) is 1. The number of fused-ring (bicyclic) bond motifs is 2. The molecule has 4 rings (SSSR count). The standard InChI is InChI=1S/C21H20Cl2N2/c1-13(2)20-21(12-25-19-11-16(23)6-7-18(19)21)17(8-9-24-20)14-4-3-5-15(22)10-14/h3-7,10-12,17,20,24H,1,8-9H2,2H3/t17-,20+,21-/m1/s1. The fraction of sp³-hybridized carbons (Fsp3) is 0.286. The van der Waals surface area contributed by atoms with Gasteiger partial charge < -0.3 is 5.32 Å². The fourth-order valence-electron chi connectivity index (χ4n) is 4.46. The number of piperidine rings is 1. The van der Waals surface area contributed by atoms with Crippen LogP contribution in [0.5, 0.6) is 0 Å². The average molecular weight is 371 g/mol.